The number of rotatable bonds is 6. The zero-order chi connectivity index (χ0) is 13.1. The first-order chi connectivity index (χ1) is 7.81. The molecule has 0 radical (unpaired) electrons. The summed E-state index contributed by atoms with van der Waals surface area (Å²) < 4.78 is 24.0. The molecule has 0 fully saturated rings. The lowest BCUT2D eigenvalue weighted by Gasteiger charge is -2.10. The Balaban J connectivity index is 2.74. The van der Waals surface area contributed by atoms with E-state index in [0.717, 1.165) is 5.56 Å². The van der Waals surface area contributed by atoms with Crippen LogP contribution in [0.15, 0.2) is 15.7 Å². The molecule has 0 aliphatic carbocycles. The smallest absolute Gasteiger partial charge is 0.262 e. The van der Waals surface area contributed by atoms with Crippen molar-refractivity contribution in [3.05, 3.63) is 17.0 Å². The van der Waals surface area contributed by atoms with Gasteiger partial charge < -0.3 is 5.32 Å². The van der Waals surface area contributed by atoms with E-state index >= 15 is 0 Å². The molecular formula is C10H19N3O2S2. The quantitative estimate of drug-likeness (QED) is 0.762. The number of nitrogens with one attached hydrogen (secondary N) is 2. The summed E-state index contributed by atoms with van der Waals surface area (Å²) in [4.78, 5) is 2.41. The molecule has 1 heterocycles. The third-order valence-electron chi connectivity index (χ3n) is 1.91. The molecule has 17 heavy (non-hydrogen) atoms. The molecule has 0 amide bonds. The molecule has 0 aliphatic rings. The van der Waals surface area contributed by atoms with Crippen LogP contribution in [0.4, 0.5) is 0 Å². The minimum atomic E-state index is -3.41. The first kappa shape index (κ1) is 14.6. The van der Waals surface area contributed by atoms with E-state index in [0.29, 0.717) is 16.8 Å². The summed E-state index contributed by atoms with van der Waals surface area (Å²) in [5, 5.41) is 6.53. The van der Waals surface area contributed by atoms with Crippen LogP contribution < -0.4 is 10.1 Å². The highest BCUT2D eigenvalue weighted by atomic mass is 32.2. The van der Waals surface area contributed by atoms with Gasteiger partial charge in [-0.05, 0) is 17.0 Å². The molecular weight excluding hydrogens is 258 g/mol. The second kappa shape index (κ2) is 5.92. The van der Waals surface area contributed by atoms with Crippen molar-refractivity contribution in [3.8, 4) is 0 Å². The van der Waals surface area contributed by atoms with Gasteiger partial charge in [-0.3, -0.25) is 0 Å². The van der Waals surface area contributed by atoms with E-state index in [1.54, 1.807) is 20.2 Å². The molecule has 0 saturated heterocycles. The van der Waals surface area contributed by atoms with Gasteiger partial charge in [-0.1, -0.05) is 13.8 Å². The molecule has 0 saturated carbocycles. The van der Waals surface area contributed by atoms with Crippen LogP contribution in [0.3, 0.4) is 0 Å². The number of sulfonamides is 1. The minimum absolute atomic E-state index is 0.340. The summed E-state index contributed by atoms with van der Waals surface area (Å²) in [6.07, 6.45) is 0. The predicted octanol–water partition coefficient (Wildman–Crippen LogP) is 1.00. The lowest BCUT2D eigenvalue weighted by atomic mass is 10.3. The molecule has 5 nitrogen and oxygen atoms in total. The molecule has 0 aromatic carbocycles. The van der Waals surface area contributed by atoms with Crippen LogP contribution >= 0.6 is 11.3 Å². The number of hydrogen-bond acceptors (Lipinski definition) is 5. The average Bonchev–Trinajstić information content (AvgIpc) is 2.61. The average molecular weight is 277 g/mol. The van der Waals surface area contributed by atoms with Gasteiger partial charge >= 0.3 is 0 Å². The Hall–Kier alpha value is -0.470. The Morgan fingerprint density at radius 1 is 1.41 bits per heavy atom. The summed E-state index contributed by atoms with van der Waals surface area (Å²) in [5.74, 6) is 0. The van der Waals surface area contributed by atoms with Gasteiger partial charge in [-0.25, -0.2) is 13.4 Å². The lowest BCUT2D eigenvalue weighted by Crippen LogP contribution is -2.35. The van der Waals surface area contributed by atoms with Crippen LogP contribution in [0.2, 0.25) is 0 Å². The van der Waals surface area contributed by atoms with Gasteiger partial charge in [0.25, 0.3) is 10.0 Å². The third-order valence-corrected chi connectivity index (χ3v) is 4.88. The maximum Gasteiger partial charge on any atom is 0.262 e. The van der Waals surface area contributed by atoms with Crippen molar-refractivity contribution in [1.29, 1.82) is 0 Å². The Kier molecular flexibility index (Phi) is 5.08. The third kappa shape index (κ3) is 4.72. The van der Waals surface area contributed by atoms with Crippen LogP contribution in [-0.4, -0.2) is 33.6 Å². The summed E-state index contributed by atoms with van der Waals surface area (Å²) in [6, 6.07) is 2.08. The van der Waals surface area contributed by atoms with Crippen molar-refractivity contribution in [2.24, 2.45) is 0 Å². The minimum Gasteiger partial charge on any atom is -0.310 e. The van der Waals surface area contributed by atoms with Crippen LogP contribution in [0, 0.1) is 0 Å². The van der Waals surface area contributed by atoms with Gasteiger partial charge in [0.15, 0.2) is 0 Å². The summed E-state index contributed by atoms with van der Waals surface area (Å²) in [5.41, 5.74) is 0.989. The monoisotopic (exact) mass is 277 g/mol. The number of nitrogens with zero attached hydrogens (tertiary/aromatic N) is 1. The molecule has 98 valence electrons. The van der Waals surface area contributed by atoms with Crippen molar-refractivity contribution >= 4 is 21.4 Å². The fraction of sp³-hybridized carbons (Fsp3) is 0.600. The Labute approximate surface area is 107 Å². The van der Waals surface area contributed by atoms with Crippen LogP contribution in [0.1, 0.15) is 19.4 Å². The van der Waals surface area contributed by atoms with Gasteiger partial charge in [-0.15, -0.1) is 16.2 Å². The SMILES string of the molecule is CC(C)NCc1csc(S(=O)(=O)NN(C)C)c1. The fourth-order valence-electron chi connectivity index (χ4n) is 1.19. The molecule has 0 unspecified atom stereocenters. The number of hydrogen-bond donors (Lipinski definition) is 2. The topological polar surface area (TPSA) is 61.4 Å². The van der Waals surface area contributed by atoms with Gasteiger partial charge in [0.2, 0.25) is 0 Å². The van der Waals surface area contributed by atoms with E-state index in [2.05, 4.69) is 24.0 Å². The molecule has 0 bridgehead atoms. The van der Waals surface area contributed by atoms with Crippen molar-refractivity contribution in [1.82, 2.24) is 15.2 Å². The zero-order valence-corrected chi connectivity index (χ0v) is 12.2. The highest BCUT2D eigenvalue weighted by molar-refractivity contribution is 7.91. The largest absolute Gasteiger partial charge is 0.310 e. The Morgan fingerprint density at radius 2 is 2.06 bits per heavy atom. The molecule has 1 aromatic rings. The lowest BCUT2D eigenvalue weighted by molar-refractivity contribution is 0.364. The van der Waals surface area contributed by atoms with Crippen LogP contribution in [0.5, 0.6) is 0 Å². The summed E-state index contributed by atoms with van der Waals surface area (Å²) in [6.45, 7) is 4.79. The highest BCUT2D eigenvalue weighted by Gasteiger charge is 2.17. The van der Waals surface area contributed by atoms with Gasteiger partial charge in [0.1, 0.15) is 4.21 Å². The first-order valence-electron chi connectivity index (χ1n) is 5.32. The van der Waals surface area contributed by atoms with Crippen LogP contribution in [-0.2, 0) is 16.6 Å². The van der Waals surface area contributed by atoms with Crippen molar-refractivity contribution in [3.63, 3.8) is 0 Å². The molecule has 7 heteroatoms. The van der Waals surface area contributed by atoms with E-state index < -0.39 is 10.0 Å². The standard InChI is InChI=1S/C10H19N3O2S2/c1-8(2)11-6-9-5-10(16-7-9)17(14,15)12-13(3)4/h5,7-8,11-12H,6H2,1-4H3. The summed E-state index contributed by atoms with van der Waals surface area (Å²) >= 11 is 1.23. The molecule has 0 aliphatic heterocycles. The number of hydrazine groups is 1. The van der Waals surface area contributed by atoms with Crippen LogP contribution in [0.25, 0.3) is 0 Å². The van der Waals surface area contributed by atoms with Crippen molar-refractivity contribution < 1.29 is 8.42 Å². The molecule has 2 N–H and O–H groups in total. The first-order valence-corrected chi connectivity index (χ1v) is 7.68. The van der Waals surface area contributed by atoms with E-state index in [-0.39, 0.29) is 0 Å². The molecule has 1 aromatic heterocycles. The molecule has 0 spiro atoms. The van der Waals surface area contributed by atoms with E-state index in [4.69, 9.17) is 0 Å². The number of thiophene rings is 1. The van der Waals surface area contributed by atoms with E-state index in [1.165, 1.54) is 16.3 Å². The fourth-order valence-corrected chi connectivity index (χ4v) is 3.47. The zero-order valence-electron chi connectivity index (χ0n) is 10.5. The predicted molar refractivity (Wildman–Crippen MR) is 70.3 cm³/mol. The van der Waals surface area contributed by atoms with Gasteiger partial charge in [0, 0.05) is 26.7 Å². The second-order valence-corrected chi connectivity index (χ2v) is 7.10. The maximum atomic E-state index is 11.8. The Morgan fingerprint density at radius 3 is 2.59 bits per heavy atom. The molecule has 1 rings (SSSR count). The summed E-state index contributed by atoms with van der Waals surface area (Å²) in [7, 11) is -0.120. The molecule has 0 atom stereocenters. The van der Waals surface area contributed by atoms with E-state index in [9.17, 15) is 8.42 Å². The maximum absolute atomic E-state index is 11.8. The second-order valence-electron chi connectivity index (χ2n) is 4.30. The normalized spacial score (nSPS) is 12.6. The Bertz CT molecular complexity index is 452. The van der Waals surface area contributed by atoms with E-state index in [1.807, 2.05) is 5.38 Å². The van der Waals surface area contributed by atoms with Gasteiger partial charge in [-0.2, -0.15) is 0 Å². The van der Waals surface area contributed by atoms with Crippen molar-refractivity contribution in [2.45, 2.75) is 30.6 Å². The van der Waals surface area contributed by atoms with Gasteiger partial charge in [0.05, 0.1) is 0 Å². The van der Waals surface area contributed by atoms with Crippen molar-refractivity contribution in [2.75, 3.05) is 14.1 Å². The highest BCUT2D eigenvalue weighted by Crippen LogP contribution is 2.20.